The van der Waals surface area contributed by atoms with Gasteiger partial charge in [-0.3, -0.25) is 14.5 Å². The number of para-hydroxylation sites is 1. The lowest BCUT2D eigenvalue weighted by Crippen LogP contribution is -2.39. The molecule has 2 aromatic carbocycles. The summed E-state index contributed by atoms with van der Waals surface area (Å²) in [5.41, 5.74) is 1.77. The number of aryl methyl sites for hydroxylation is 1. The molecule has 2 saturated heterocycles. The Morgan fingerprint density at radius 1 is 1.03 bits per heavy atom. The second-order valence-corrected chi connectivity index (χ2v) is 9.06. The topological polar surface area (TPSA) is 97.8 Å². The van der Waals surface area contributed by atoms with Gasteiger partial charge in [0.25, 0.3) is 11.7 Å². The molecule has 1 N–H and O–H groups in total. The van der Waals surface area contributed by atoms with Gasteiger partial charge in [0.1, 0.15) is 11.5 Å². The largest absolute Gasteiger partial charge is 0.507 e. The summed E-state index contributed by atoms with van der Waals surface area (Å²) in [6.45, 7) is 5.97. The molecule has 2 heterocycles. The minimum atomic E-state index is -0.837. The minimum Gasteiger partial charge on any atom is -0.507 e. The van der Waals surface area contributed by atoms with E-state index in [1.54, 1.807) is 43.5 Å². The van der Waals surface area contributed by atoms with E-state index in [-0.39, 0.29) is 11.3 Å². The number of benzene rings is 2. The number of aliphatic hydroxyl groups excluding tert-OH is 1. The first-order chi connectivity index (χ1) is 17.9. The zero-order valence-corrected chi connectivity index (χ0v) is 21.8. The summed E-state index contributed by atoms with van der Waals surface area (Å²) in [6, 6.07) is 9.66. The van der Waals surface area contributed by atoms with Crippen LogP contribution in [0.1, 0.15) is 29.2 Å². The standard InChI is InChI=1S/C28H34N2O7/c1-18-17-19(34-2)9-10-20(18)25(31)23-24(21-7-5-8-22(35-3)27(21)36-4)30(28(33)26(23)32)12-6-11-29-13-15-37-16-14-29/h5,7-10,17,24,31H,6,11-16H2,1-4H3/t24-/m0/s1. The maximum absolute atomic E-state index is 13.4. The third kappa shape index (κ3) is 5.28. The number of carbonyl (C=O) groups excluding carboxylic acids is 2. The molecule has 9 heteroatoms. The molecule has 0 aliphatic carbocycles. The van der Waals surface area contributed by atoms with Crippen LogP contribution in [0, 0.1) is 6.92 Å². The summed E-state index contributed by atoms with van der Waals surface area (Å²) in [6.07, 6.45) is 0.664. The SMILES string of the molecule is COc1ccc(C(O)=C2C(=O)C(=O)N(CCCN3CCOCC3)[C@H]2c2cccc(OC)c2OC)c(C)c1. The maximum Gasteiger partial charge on any atom is 0.295 e. The van der Waals surface area contributed by atoms with Gasteiger partial charge in [0.15, 0.2) is 11.5 Å². The molecule has 0 spiro atoms. The number of hydrogen-bond acceptors (Lipinski definition) is 8. The van der Waals surface area contributed by atoms with E-state index in [2.05, 4.69) is 4.90 Å². The van der Waals surface area contributed by atoms with Crippen molar-refractivity contribution >= 4 is 17.4 Å². The Labute approximate surface area is 217 Å². The Bertz CT molecular complexity index is 1190. The van der Waals surface area contributed by atoms with Crippen molar-refractivity contribution in [1.82, 2.24) is 9.80 Å². The van der Waals surface area contributed by atoms with E-state index < -0.39 is 17.7 Å². The molecule has 0 bridgehead atoms. The number of nitrogens with zero attached hydrogens (tertiary/aromatic N) is 2. The summed E-state index contributed by atoms with van der Waals surface area (Å²) in [4.78, 5) is 30.6. The molecule has 37 heavy (non-hydrogen) atoms. The number of aliphatic hydroxyl groups is 1. The van der Waals surface area contributed by atoms with Gasteiger partial charge >= 0.3 is 0 Å². The smallest absolute Gasteiger partial charge is 0.295 e. The number of rotatable bonds is 9. The van der Waals surface area contributed by atoms with Crippen molar-refractivity contribution in [2.24, 2.45) is 0 Å². The van der Waals surface area contributed by atoms with E-state index in [4.69, 9.17) is 18.9 Å². The molecular weight excluding hydrogens is 476 g/mol. The van der Waals surface area contributed by atoms with Gasteiger partial charge in [-0.1, -0.05) is 12.1 Å². The molecular formula is C28H34N2O7. The average molecular weight is 511 g/mol. The Morgan fingerprint density at radius 3 is 2.43 bits per heavy atom. The number of hydrogen-bond donors (Lipinski definition) is 1. The first kappa shape index (κ1) is 26.5. The monoisotopic (exact) mass is 510 g/mol. The molecule has 0 aromatic heterocycles. The number of morpholine rings is 1. The Hall–Kier alpha value is -3.56. The first-order valence-corrected chi connectivity index (χ1v) is 12.4. The number of ether oxygens (including phenoxy) is 4. The van der Waals surface area contributed by atoms with Gasteiger partial charge in [-0.2, -0.15) is 0 Å². The third-order valence-electron chi connectivity index (χ3n) is 6.93. The van der Waals surface area contributed by atoms with Gasteiger partial charge in [-0.15, -0.1) is 0 Å². The minimum absolute atomic E-state index is 0.0243. The Balaban J connectivity index is 1.78. The summed E-state index contributed by atoms with van der Waals surface area (Å²) < 4.78 is 21.9. The van der Waals surface area contributed by atoms with Crippen molar-refractivity contribution in [3.05, 3.63) is 58.7 Å². The van der Waals surface area contributed by atoms with Crippen LogP contribution in [0.5, 0.6) is 17.2 Å². The van der Waals surface area contributed by atoms with E-state index in [9.17, 15) is 14.7 Å². The van der Waals surface area contributed by atoms with Crippen LogP contribution in [0.4, 0.5) is 0 Å². The predicted octanol–water partition coefficient (Wildman–Crippen LogP) is 3.16. The fraction of sp³-hybridized carbons (Fsp3) is 0.429. The summed E-state index contributed by atoms with van der Waals surface area (Å²) in [7, 11) is 4.60. The van der Waals surface area contributed by atoms with E-state index in [1.165, 1.54) is 19.1 Å². The Kier molecular flexibility index (Phi) is 8.35. The fourth-order valence-electron chi connectivity index (χ4n) is 5.02. The average Bonchev–Trinajstić information content (AvgIpc) is 3.17. The number of carbonyl (C=O) groups is 2. The molecule has 0 saturated carbocycles. The van der Waals surface area contributed by atoms with E-state index in [0.29, 0.717) is 60.1 Å². The Morgan fingerprint density at radius 2 is 1.78 bits per heavy atom. The molecule has 0 radical (unpaired) electrons. The first-order valence-electron chi connectivity index (χ1n) is 12.4. The second kappa shape index (κ2) is 11.7. The van der Waals surface area contributed by atoms with Crippen LogP contribution >= 0.6 is 0 Å². The highest BCUT2D eigenvalue weighted by atomic mass is 16.5. The van der Waals surface area contributed by atoms with Crippen LogP contribution < -0.4 is 14.2 Å². The van der Waals surface area contributed by atoms with Crippen molar-refractivity contribution in [1.29, 1.82) is 0 Å². The van der Waals surface area contributed by atoms with Crippen LogP contribution in [-0.4, -0.2) is 87.3 Å². The molecule has 198 valence electrons. The molecule has 2 aromatic rings. The lowest BCUT2D eigenvalue weighted by Gasteiger charge is -2.30. The number of methoxy groups -OCH3 is 3. The molecule has 1 amide bonds. The van der Waals surface area contributed by atoms with Crippen molar-refractivity contribution in [2.45, 2.75) is 19.4 Å². The van der Waals surface area contributed by atoms with E-state index in [0.717, 1.165) is 19.6 Å². The van der Waals surface area contributed by atoms with E-state index >= 15 is 0 Å². The van der Waals surface area contributed by atoms with Crippen molar-refractivity contribution < 1.29 is 33.6 Å². The third-order valence-corrected chi connectivity index (χ3v) is 6.93. The van der Waals surface area contributed by atoms with Crippen molar-refractivity contribution in [2.75, 3.05) is 60.7 Å². The zero-order chi connectivity index (χ0) is 26.5. The molecule has 2 aliphatic rings. The van der Waals surface area contributed by atoms with Crippen molar-refractivity contribution in [3.63, 3.8) is 0 Å². The van der Waals surface area contributed by atoms with Crippen molar-refractivity contribution in [3.8, 4) is 17.2 Å². The van der Waals surface area contributed by atoms with Crippen LogP contribution in [0.25, 0.3) is 5.76 Å². The van der Waals surface area contributed by atoms with Crippen LogP contribution in [0.2, 0.25) is 0 Å². The molecule has 4 rings (SSSR count). The highest BCUT2D eigenvalue weighted by molar-refractivity contribution is 6.46. The molecule has 2 fully saturated rings. The van der Waals surface area contributed by atoms with Crippen LogP contribution in [-0.2, 0) is 14.3 Å². The van der Waals surface area contributed by atoms with Gasteiger partial charge < -0.3 is 29.0 Å². The predicted molar refractivity (Wildman–Crippen MR) is 138 cm³/mol. The molecule has 1 atom stereocenters. The van der Waals surface area contributed by atoms with E-state index in [1.807, 2.05) is 6.92 Å². The van der Waals surface area contributed by atoms with Gasteiger partial charge in [0, 0.05) is 37.3 Å². The number of ketones is 1. The number of amides is 1. The maximum atomic E-state index is 13.4. The van der Waals surface area contributed by atoms with Crippen LogP contribution in [0.3, 0.4) is 0 Å². The van der Waals surface area contributed by atoms with Gasteiger partial charge in [0.2, 0.25) is 0 Å². The summed E-state index contributed by atoms with van der Waals surface area (Å²) in [5.74, 6) is -0.0989. The van der Waals surface area contributed by atoms with Gasteiger partial charge in [-0.05, 0) is 43.2 Å². The zero-order valence-electron chi connectivity index (χ0n) is 21.8. The normalized spacial score (nSPS) is 19.8. The summed E-state index contributed by atoms with van der Waals surface area (Å²) >= 11 is 0. The number of likely N-dealkylation sites (tertiary alicyclic amines) is 1. The van der Waals surface area contributed by atoms with Gasteiger partial charge in [-0.25, -0.2) is 0 Å². The highest BCUT2D eigenvalue weighted by Crippen LogP contribution is 2.45. The fourth-order valence-corrected chi connectivity index (χ4v) is 5.02. The second-order valence-electron chi connectivity index (χ2n) is 9.06. The highest BCUT2D eigenvalue weighted by Gasteiger charge is 2.47. The molecule has 9 nitrogen and oxygen atoms in total. The number of Topliss-reactive ketones (excluding diaryl/α,β-unsaturated/α-hetero) is 1. The van der Waals surface area contributed by atoms with Gasteiger partial charge in [0.05, 0.1) is 46.2 Å². The molecule has 2 aliphatic heterocycles. The van der Waals surface area contributed by atoms with Crippen LogP contribution in [0.15, 0.2) is 42.0 Å². The quantitative estimate of drug-likeness (QED) is 0.312. The lowest BCUT2D eigenvalue weighted by atomic mass is 9.93. The summed E-state index contributed by atoms with van der Waals surface area (Å²) in [5, 5.41) is 11.5. The molecule has 0 unspecified atom stereocenters. The lowest BCUT2D eigenvalue weighted by molar-refractivity contribution is -0.140.